The molecule has 0 atom stereocenters. The number of hydrogen-bond acceptors (Lipinski definition) is 4. The van der Waals surface area contributed by atoms with E-state index in [0.717, 1.165) is 29.4 Å². The summed E-state index contributed by atoms with van der Waals surface area (Å²) in [5.74, 6) is 2.40. The van der Waals surface area contributed by atoms with Gasteiger partial charge in [0.05, 0.1) is 17.3 Å². The smallest absolute Gasteiger partial charge is 0.247 e. The quantitative estimate of drug-likeness (QED) is 0.760. The van der Waals surface area contributed by atoms with Gasteiger partial charge in [0.15, 0.2) is 0 Å². The SMILES string of the molecule is CSCC(C)(C)C(=O)N(CC1CC1)n1cc(-c2cccnc2)nc1C. The predicted molar refractivity (Wildman–Crippen MR) is 103 cm³/mol. The van der Waals surface area contributed by atoms with E-state index < -0.39 is 5.41 Å². The molecule has 1 fully saturated rings. The van der Waals surface area contributed by atoms with Crippen LogP contribution in [0.25, 0.3) is 11.3 Å². The highest BCUT2D eigenvalue weighted by Crippen LogP contribution is 2.32. The molecule has 0 aliphatic heterocycles. The predicted octanol–water partition coefficient (Wildman–Crippen LogP) is 3.52. The monoisotopic (exact) mass is 358 g/mol. The second-order valence-corrected chi connectivity index (χ2v) is 8.27. The van der Waals surface area contributed by atoms with Gasteiger partial charge in [-0.05, 0) is 44.1 Å². The Hall–Kier alpha value is -1.82. The molecule has 3 rings (SSSR count). The summed E-state index contributed by atoms with van der Waals surface area (Å²) < 4.78 is 1.94. The summed E-state index contributed by atoms with van der Waals surface area (Å²) in [6.07, 6.45) is 9.97. The summed E-state index contributed by atoms with van der Waals surface area (Å²) in [6, 6.07) is 3.89. The van der Waals surface area contributed by atoms with Crippen LogP contribution in [0, 0.1) is 18.3 Å². The normalized spacial score (nSPS) is 14.6. The van der Waals surface area contributed by atoms with Crippen molar-refractivity contribution in [3.8, 4) is 11.3 Å². The fourth-order valence-corrected chi connectivity index (χ4v) is 3.79. The van der Waals surface area contributed by atoms with Crippen LogP contribution in [0.2, 0.25) is 0 Å². The third-order valence-electron chi connectivity index (χ3n) is 4.52. The first kappa shape index (κ1) is 18.0. The highest BCUT2D eigenvalue weighted by molar-refractivity contribution is 7.98. The Bertz CT molecular complexity index is 737. The summed E-state index contributed by atoms with van der Waals surface area (Å²) >= 11 is 1.71. The zero-order valence-corrected chi connectivity index (χ0v) is 16.2. The fourth-order valence-electron chi connectivity index (χ4n) is 2.95. The first-order chi connectivity index (χ1) is 11.9. The lowest BCUT2D eigenvalue weighted by Crippen LogP contribution is -2.49. The largest absolute Gasteiger partial charge is 0.272 e. The van der Waals surface area contributed by atoms with Crippen LogP contribution in [0.5, 0.6) is 0 Å². The van der Waals surface area contributed by atoms with Gasteiger partial charge in [-0.15, -0.1) is 0 Å². The molecule has 1 aliphatic carbocycles. The molecular formula is C19H26N4OS. The summed E-state index contributed by atoms with van der Waals surface area (Å²) in [7, 11) is 0. The van der Waals surface area contributed by atoms with Crippen LogP contribution in [0.1, 0.15) is 32.5 Å². The molecule has 1 aliphatic rings. The van der Waals surface area contributed by atoms with Gasteiger partial charge in [0.25, 0.3) is 0 Å². The molecule has 1 saturated carbocycles. The molecule has 0 bridgehead atoms. The molecule has 0 saturated heterocycles. The number of hydrogen-bond donors (Lipinski definition) is 0. The number of carbonyl (C=O) groups excluding carboxylic acids is 1. The Labute approximate surface area is 153 Å². The summed E-state index contributed by atoms with van der Waals surface area (Å²) in [4.78, 5) is 22.1. The average molecular weight is 359 g/mol. The lowest BCUT2D eigenvalue weighted by molar-refractivity contribution is -0.127. The number of rotatable bonds is 7. The third kappa shape index (κ3) is 4.06. The molecule has 0 radical (unpaired) electrons. The Morgan fingerprint density at radius 2 is 2.20 bits per heavy atom. The molecule has 0 N–H and O–H groups in total. The van der Waals surface area contributed by atoms with Crippen LogP contribution in [-0.4, -0.2) is 39.1 Å². The molecule has 1 amide bonds. The van der Waals surface area contributed by atoms with E-state index in [1.807, 2.05) is 55.0 Å². The molecule has 25 heavy (non-hydrogen) atoms. The van der Waals surface area contributed by atoms with Crippen LogP contribution in [0.15, 0.2) is 30.7 Å². The molecule has 2 aromatic heterocycles. The van der Waals surface area contributed by atoms with E-state index in [-0.39, 0.29) is 5.91 Å². The van der Waals surface area contributed by atoms with Gasteiger partial charge in [0.2, 0.25) is 5.91 Å². The highest BCUT2D eigenvalue weighted by atomic mass is 32.2. The zero-order chi connectivity index (χ0) is 18.0. The summed E-state index contributed by atoms with van der Waals surface area (Å²) in [5.41, 5.74) is 1.41. The molecule has 0 aromatic carbocycles. The van der Waals surface area contributed by atoms with Gasteiger partial charge < -0.3 is 0 Å². The fraction of sp³-hybridized carbons (Fsp3) is 0.526. The van der Waals surface area contributed by atoms with E-state index in [1.165, 1.54) is 12.8 Å². The van der Waals surface area contributed by atoms with Crippen molar-refractivity contribution in [2.45, 2.75) is 33.6 Å². The second-order valence-electron chi connectivity index (χ2n) is 7.41. The van der Waals surface area contributed by atoms with Crippen molar-refractivity contribution in [2.24, 2.45) is 11.3 Å². The number of amides is 1. The van der Waals surface area contributed by atoms with E-state index in [0.29, 0.717) is 5.92 Å². The van der Waals surface area contributed by atoms with Gasteiger partial charge >= 0.3 is 0 Å². The standard InChI is InChI=1S/C19H26N4OS/c1-14-21-17(16-6-5-9-20-10-16)12-22(14)23(11-15-7-8-15)18(24)19(2,3)13-25-4/h5-6,9-10,12,15H,7-8,11,13H2,1-4H3. The zero-order valence-electron chi connectivity index (χ0n) is 15.4. The number of aryl methyl sites for hydroxylation is 1. The maximum absolute atomic E-state index is 13.3. The first-order valence-electron chi connectivity index (χ1n) is 8.70. The molecule has 6 heteroatoms. The number of thioether (sulfide) groups is 1. The second kappa shape index (κ2) is 7.20. The maximum atomic E-state index is 13.3. The minimum Gasteiger partial charge on any atom is -0.272 e. The molecule has 2 aromatic rings. The van der Waals surface area contributed by atoms with Gasteiger partial charge in [-0.3, -0.25) is 9.78 Å². The molecule has 0 unspecified atom stereocenters. The van der Waals surface area contributed by atoms with Crippen molar-refractivity contribution >= 4 is 17.7 Å². The van der Waals surface area contributed by atoms with Crippen molar-refractivity contribution in [2.75, 3.05) is 23.6 Å². The lowest BCUT2D eigenvalue weighted by Gasteiger charge is -2.32. The van der Waals surface area contributed by atoms with Gasteiger partial charge in [-0.1, -0.05) is 13.8 Å². The van der Waals surface area contributed by atoms with Crippen LogP contribution < -0.4 is 5.01 Å². The Kier molecular flexibility index (Phi) is 5.18. The first-order valence-corrected chi connectivity index (χ1v) is 10.1. The van der Waals surface area contributed by atoms with Crippen molar-refractivity contribution in [3.63, 3.8) is 0 Å². The molecule has 134 valence electrons. The van der Waals surface area contributed by atoms with Crippen LogP contribution in [-0.2, 0) is 4.79 Å². The van der Waals surface area contributed by atoms with E-state index in [9.17, 15) is 4.79 Å². The van der Waals surface area contributed by atoms with Gasteiger partial charge in [0, 0.05) is 30.3 Å². The summed E-state index contributed by atoms with van der Waals surface area (Å²) in [5, 5.41) is 1.90. The minimum atomic E-state index is -0.403. The van der Waals surface area contributed by atoms with Gasteiger partial charge in [-0.25, -0.2) is 14.7 Å². The van der Waals surface area contributed by atoms with E-state index in [4.69, 9.17) is 0 Å². The highest BCUT2D eigenvalue weighted by Gasteiger charge is 2.36. The van der Waals surface area contributed by atoms with E-state index in [1.54, 1.807) is 24.2 Å². The van der Waals surface area contributed by atoms with Gasteiger partial charge in [-0.2, -0.15) is 11.8 Å². The van der Waals surface area contributed by atoms with E-state index >= 15 is 0 Å². The Morgan fingerprint density at radius 3 is 2.80 bits per heavy atom. The van der Waals surface area contributed by atoms with Crippen molar-refractivity contribution in [1.29, 1.82) is 0 Å². The van der Waals surface area contributed by atoms with Crippen molar-refractivity contribution in [1.82, 2.24) is 14.6 Å². The van der Waals surface area contributed by atoms with Crippen LogP contribution >= 0.6 is 11.8 Å². The van der Waals surface area contributed by atoms with Crippen LogP contribution in [0.4, 0.5) is 0 Å². The molecule has 2 heterocycles. The topological polar surface area (TPSA) is 51.0 Å². The number of carbonyl (C=O) groups is 1. The van der Waals surface area contributed by atoms with E-state index in [2.05, 4.69) is 9.97 Å². The lowest BCUT2D eigenvalue weighted by atomic mass is 9.95. The van der Waals surface area contributed by atoms with Gasteiger partial charge in [0.1, 0.15) is 5.82 Å². The Morgan fingerprint density at radius 1 is 1.44 bits per heavy atom. The number of imidazole rings is 1. The number of nitrogens with zero attached hydrogens (tertiary/aromatic N) is 4. The molecular weight excluding hydrogens is 332 g/mol. The third-order valence-corrected chi connectivity index (χ3v) is 5.53. The Balaban J connectivity index is 1.94. The number of pyridine rings is 1. The van der Waals surface area contributed by atoms with Crippen molar-refractivity contribution in [3.05, 3.63) is 36.5 Å². The number of aromatic nitrogens is 3. The molecule has 0 spiro atoms. The maximum Gasteiger partial charge on any atom is 0.247 e. The van der Waals surface area contributed by atoms with Crippen LogP contribution in [0.3, 0.4) is 0 Å². The average Bonchev–Trinajstić information content (AvgIpc) is 3.33. The molecule has 5 nitrogen and oxygen atoms in total. The minimum absolute atomic E-state index is 0.159. The summed E-state index contributed by atoms with van der Waals surface area (Å²) in [6.45, 7) is 6.77. The van der Waals surface area contributed by atoms with Crippen molar-refractivity contribution < 1.29 is 4.79 Å².